The fourth-order valence-electron chi connectivity index (χ4n) is 2.33. The second-order valence-corrected chi connectivity index (χ2v) is 4.75. The largest absolute Gasteiger partial charge is 0.377 e. The Morgan fingerprint density at radius 1 is 1.47 bits per heavy atom. The SMILES string of the molecule is Cc1cc(F)ccc1CCNC1CCOC1C. The molecule has 2 atom stereocenters. The van der Waals surface area contributed by atoms with Gasteiger partial charge in [0.15, 0.2) is 0 Å². The van der Waals surface area contributed by atoms with Crippen molar-refractivity contribution in [1.82, 2.24) is 5.32 Å². The lowest BCUT2D eigenvalue weighted by Crippen LogP contribution is -2.36. The van der Waals surface area contributed by atoms with Crippen molar-refractivity contribution in [3.63, 3.8) is 0 Å². The highest BCUT2D eigenvalue weighted by atomic mass is 19.1. The Balaban J connectivity index is 1.81. The minimum absolute atomic E-state index is 0.156. The van der Waals surface area contributed by atoms with Crippen LogP contribution in [0.25, 0.3) is 0 Å². The Hall–Kier alpha value is -0.930. The zero-order valence-electron chi connectivity index (χ0n) is 10.5. The molecule has 0 bridgehead atoms. The van der Waals surface area contributed by atoms with Gasteiger partial charge in [0.2, 0.25) is 0 Å². The van der Waals surface area contributed by atoms with Gasteiger partial charge in [-0.2, -0.15) is 0 Å². The molecule has 1 fully saturated rings. The third-order valence-corrected chi connectivity index (χ3v) is 3.48. The van der Waals surface area contributed by atoms with Gasteiger partial charge in [-0.05, 0) is 56.5 Å². The maximum absolute atomic E-state index is 12.9. The summed E-state index contributed by atoms with van der Waals surface area (Å²) in [5.74, 6) is -0.156. The van der Waals surface area contributed by atoms with Gasteiger partial charge in [-0.1, -0.05) is 6.07 Å². The number of aryl methyl sites for hydroxylation is 1. The fraction of sp³-hybridized carbons (Fsp3) is 0.571. The number of nitrogens with one attached hydrogen (secondary N) is 1. The lowest BCUT2D eigenvalue weighted by atomic mass is 10.1. The van der Waals surface area contributed by atoms with E-state index in [1.165, 1.54) is 11.6 Å². The van der Waals surface area contributed by atoms with E-state index in [4.69, 9.17) is 4.74 Å². The van der Waals surface area contributed by atoms with Crippen LogP contribution >= 0.6 is 0 Å². The lowest BCUT2D eigenvalue weighted by molar-refractivity contribution is 0.113. The van der Waals surface area contributed by atoms with Gasteiger partial charge in [0.05, 0.1) is 6.10 Å². The van der Waals surface area contributed by atoms with E-state index < -0.39 is 0 Å². The minimum atomic E-state index is -0.156. The molecule has 1 saturated heterocycles. The quantitative estimate of drug-likeness (QED) is 0.868. The van der Waals surface area contributed by atoms with Crippen LogP contribution in [0.15, 0.2) is 18.2 Å². The van der Waals surface area contributed by atoms with Gasteiger partial charge in [-0.15, -0.1) is 0 Å². The molecule has 1 aliphatic heterocycles. The van der Waals surface area contributed by atoms with Crippen LogP contribution < -0.4 is 5.32 Å². The molecule has 2 nitrogen and oxygen atoms in total. The van der Waals surface area contributed by atoms with E-state index in [2.05, 4.69) is 12.2 Å². The predicted molar refractivity (Wildman–Crippen MR) is 66.7 cm³/mol. The van der Waals surface area contributed by atoms with E-state index in [1.807, 2.05) is 13.0 Å². The number of hydrogen-bond acceptors (Lipinski definition) is 2. The summed E-state index contributed by atoms with van der Waals surface area (Å²) < 4.78 is 18.4. The molecule has 2 unspecified atom stereocenters. The van der Waals surface area contributed by atoms with Crippen LogP contribution in [0.1, 0.15) is 24.5 Å². The molecular weight excluding hydrogens is 217 g/mol. The highest BCUT2D eigenvalue weighted by Crippen LogP contribution is 2.13. The molecule has 0 aromatic heterocycles. The average molecular weight is 237 g/mol. The van der Waals surface area contributed by atoms with Gasteiger partial charge in [-0.25, -0.2) is 4.39 Å². The molecule has 1 heterocycles. The molecule has 0 saturated carbocycles. The number of benzene rings is 1. The Bertz CT molecular complexity index is 380. The van der Waals surface area contributed by atoms with E-state index in [-0.39, 0.29) is 5.82 Å². The first-order chi connectivity index (χ1) is 8.16. The van der Waals surface area contributed by atoms with Gasteiger partial charge in [0, 0.05) is 12.6 Å². The molecule has 1 N–H and O–H groups in total. The van der Waals surface area contributed by atoms with E-state index >= 15 is 0 Å². The van der Waals surface area contributed by atoms with Crippen molar-refractivity contribution in [1.29, 1.82) is 0 Å². The molecule has 1 aromatic rings. The summed E-state index contributed by atoms with van der Waals surface area (Å²) in [5.41, 5.74) is 2.24. The number of ether oxygens (including phenoxy) is 1. The lowest BCUT2D eigenvalue weighted by Gasteiger charge is -2.16. The molecule has 1 aromatic carbocycles. The summed E-state index contributed by atoms with van der Waals surface area (Å²) in [6.07, 6.45) is 2.34. The highest BCUT2D eigenvalue weighted by molar-refractivity contribution is 5.26. The summed E-state index contributed by atoms with van der Waals surface area (Å²) in [6, 6.07) is 5.47. The van der Waals surface area contributed by atoms with Crippen molar-refractivity contribution in [3.8, 4) is 0 Å². The first-order valence-corrected chi connectivity index (χ1v) is 6.27. The Morgan fingerprint density at radius 2 is 2.29 bits per heavy atom. The first-order valence-electron chi connectivity index (χ1n) is 6.27. The van der Waals surface area contributed by atoms with Gasteiger partial charge >= 0.3 is 0 Å². The van der Waals surface area contributed by atoms with Gasteiger partial charge < -0.3 is 10.1 Å². The zero-order chi connectivity index (χ0) is 12.3. The van der Waals surface area contributed by atoms with Crippen molar-refractivity contribution in [3.05, 3.63) is 35.1 Å². The molecular formula is C14H20FNO. The van der Waals surface area contributed by atoms with Gasteiger partial charge in [0.25, 0.3) is 0 Å². The van der Waals surface area contributed by atoms with E-state index in [9.17, 15) is 4.39 Å². The van der Waals surface area contributed by atoms with Crippen molar-refractivity contribution in [2.75, 3.05) is 13.2 Å². The van der Waals surface area contributed by atoms with E-state index in [0.29, 0.717) is 12.1 Å². The first kappa shape index (κ1) is 12.5. The molecule has 0 radical (unpaired) electrons. The smallest absolute Gasteiger partial charge is 0.123 e. The molecule has 0 spiro atoms. The molecule has 94 valence electrons. The van der Waals surface area contributed by atoms with Crippen LogP contribution in [0.2, 0.25) is 0 Å². The highest BCUT2D eigenvalue weighted by Gasteiger charge is 2.22. The molecule has 1 aliphatic rings. The second kappa shape index (κ2) is 5.61. The summed E-state index contributed by atoms with van der Waals surface area (Å²) in [5, 5.41) is 3.50. The Labute approximate surface area is 102 Å². The summed E-state index contributed by atoms with van der Waals surface area (Å²) in [7, 11) is 0. The molecule has 2 rings (SSSR count). The number of rotatable bonds is 4. The van der Waals surface area contributed by atoms with Crippen molar-refractivity contribution in [2.24, 2.45) is 0 Å². The van der Waals surface area contributed by atoms with Crippen molar-refractivity contribution < 1.29 is 9.13 Å². The zero-order valence-corrected chi connectivity index (χ0v) is 10.5. The molecule has 0 amide bonds. The van der Waals surface area contributed by atoms with E-state index in [1.54, 1.807) is 6.07 Å². The van der Waals surface area contributed by atoms with Crippen LogP contribution in [-0.4, -0.2) is 25.3 Å². The molecule has 3 heteroatoms. The summed E-state index contributed by atoms with van der Waals surface area (Å²) >= 11 is 0. The maximum atomic E-state index is 12.9. The average Bonchev–Trinajstić information content (AvgIpc) is 2.68. The van der Waals surface area contributed by atoms with Crippen LogP contribution in [0.3, 0.4) is 0 Å². The summed E-state index contributed by atoms with van der Waals surface area (Å²) in [4.78, 5) is 0. The predicted octanol–water partition coefficient (Wildman–Crippen LogP) is 2.44. The second-order valence-electron chi connectivity index (χ2n) is 4.75. The minimum Gasteiger partial charge on any atom is -0.377 e. The Morgan fingerprint density at radius 3 is 2.94 bits per heavy atom. The van der Waals surface area contributed by atoms with Crippen LogP contribution in [0.4, 0.5) is 4.39 Å². The fourth-order valence-corrected chi connectivity index (χ4v) is 2.33. The molecule has 0 aliphatic carbocycles. The Kier molecular flexibility index (Phi) is 4.13. The normalized spacial score (nSPS) is 24.2. The topological polar surface area (TPSA) is 21.3 Å². The van der Waals surface area contributed by atoms with Crippen molar-refractivity contribution >= 4 is 0 Å². The third kappa shape index (κ3) is 3.27. The van der Waals surface area contributed by atoms with Crippen LogP contribution in [0.5, 0.6) is 0 Å². The van der Waals surface area contributed by atoms with Gasteiger partial charge in [-0.3, -0.25) is 0 Å². The summed E-state index contributed by atoms with van der Waals surface area (Å²) in [6.45, 7) is 5.84. The standard InChI is InChI=1S/C14H20FNO/c1-10-9-13(15)4-3-12(10)5-7-16-14-6-8-17-11(14)2/h3-4,9,11,14,16H,5-8H2,1-2H3. The third-order valence-electron chi connectivity index (χ3n) is 3.48. The van der Waals surface area contributed by atoms with Gasteiger partial charge in [0.1, 0.15) is 5.82 Å². The van der Waals surface area contributed by atoms with Crippen molar-refractivity contribution in [2.45, 2.75) is 38.8 Å². The van der Waals surface area contributed by atoms with Crippen LogP contribution in [0, 0.1) is 12.7 Å². The number of hydrogen-bond donors (Lipinski definition) is 1. The number of halogens is 1. The van der Waals surface area contributed by atoms with Crippen LogP contribution in [-0.2, 0) is 11.2 Å². The maximum Gasteiger partial charge on any atom is 0.123 e. The molecule has 17 heavy (non-hydrogen) atoms. The monoisotopic (exact) mass is 237 g/mol. The van der Waals surface area contributed by atoms with E-state index in [0.717, 1.165) is 31.6 Å².